The van der Waals surface area contributed by atoms with Crippen molar-refractivity contribution < 1.29 is 4.79 Å². The number of hydrogen-bond donors (Lipinski definition) is 2. The maximum Gasteiger partial charge on any atom is 0.227 e. The molecule has 110 valence electrons. The summed E-state index contributed by atoms with van der Waals surface area (Å²) in [4.78, 5) is 13.7. The van der Waals surface area contributed by atoms with Gasteiger partial charge in [0.1, 0.15) is 0 Å². The Hall–Kier alpha value is -1.65. The molecule has 21 heavy (non-hydrogen) atoms. The monoisotopic (exact) mass is 300 g/mol. The minimum absolute atomic E-state index is 0.0615. The van der Waals surface area contributed by atoms with E-state index in [9.17, 15) is 4.79 Å². The van der Waals surface area contributed by atoms with E-state index in [1.54, 1.807) is 11.3 Å². The summed E-state index contributed by atoms with van der Waals surface area (Å²) in [5.74, 6) is 0.511. The molecular weight excluding hydrogens is 280 g/mol. The first kappa shape index (κ1) is 14.3. The van der Waals surface area contributed by atoms with E-state index in [4.69, 9.17) is 5.73 Å². The molecule has 0 aliphatic heterocycles. The van der Waals surface area contributed by atoms with Gasteiger partial charge in [-0.2, -0.15) is 0 Å². The van der Waals surface area contributed by atoms with Crippen molar-refractivity contribution in [3.63, 3.8) is 0 Å². The molecule has 1 fully saturated rings. The van der Waals surface area contributed by atoms with Gasteiger partial charge in [-0.25, -0.2) is 0 Å². The van der Waals surface area contributed by atoms with Crippen LogP contribution in [0, 0.1) is 11.8 Å². The van der Waals surface area contributed by atoms with Crippen LogP contribution in [0.15, 0.2) is 41.8 Å². The lowest BCUT2D eigenvalue weighted by Crippen LogP contribution is -2.29. The van der Waals surface area contributed by atoms with Gasteiger partial charge in [-0.1, -0.05) is 30.7 Å². The number of nitrogens with two attached hydrogens (primary N) is 1. The molecule has 1 amide bonds. The second-order valence-electron chi connectivity index (χ2n) is 5.55. The summed E-state index contributed by atoms with van der Waals surface area (Å²) in [7, 11) is 0. The molecule has 2 aromatic rings. The summed E-state index contributed by atoms with van der Waals surface area (Å²) in [5.41, 5.74) is 7.77. The van der Waals surface area contributed by atoms with Crippen molar-refractivity contribution in [3.05, 3.63) is 41.8 Å². The highest BCUT2D eigenvalue weighted by Gasteiger charge is 2.32. The van der Waals surface area contributed by atoms with Crippen LogP contribution < -0.4 is 11.1 Å². The van der Waals surface area contributed by atoms with Crippen LogP contribution in [-0.2, 0) is 4.79 Å². The first-order valence-corrected chi connectivity index (χ1v) is 8.31. The van der Waals surface area contributed by atoms with Gasteiger partial charge in [0.05, 0.1) is 0 Å². The fourth-order valence-corrected chi connectivity index (χ4v) is 3.89. The average Bonchev–Trinajstić information content (AvgIpc) is 3.19. The molecule has 4 heteroatoms. The summed E-state index contributed by atoms with van der Waals surface area (Å²) in [6.45, 7) is 0.602. The second-order valence-corrected chi connectivity index (χ2v) is 6.49. The van der Waals surface area contributed by atoms with Crippen LogP contribution in [0.25, 0.3) is 10.4 Å². The highest BCUT2D eigenvalue weighted by atomic mass is 32.1. The van der Waals surface area contributed by atoms with Gasteiger partial charge in [0.25, 0.3) is 0 Å². The molecule has 3 rings (SSSR count). The van der Waals surface area contributed by atoms with Crippen LogP contribution in [0.3, 0.4) is 0 Å². The fourth-order valence-electron chi connectivity index (χ4n) is 3.13. The number of anilines is 1. The lowest BCUT2D eigenvalue weighted by Gasteiger charge is -2.18. The molecule has 1 aromatic carbocycles. The molecule has 2 atom stereocenters. The van der Waals surface area contributed by atoms with Gasteiger partial charge in [-0.3, -0.25) is 4.79 Å². The fraction of sp³-hybridized carbons (Fsp3) is 0.353. The van der Waals surface area contributed by atoms with Crippen LogP contribution in [0.2, 0.25) is 0 Å². The Morgan fingerprint density at radius 1 is 1.24 bits per heavy atom. The Bertz CT molecular complexity index is 609. The number of benzene rings is 1. The Kier molecular flexibility index (Phi) is 4.36. The number of carbonyl (C=O) groups excluding carboxylic acids is 1. The highest BCUT2D eigenvalue weighted by Crippen LogP contribution is 2.34. The van der Waals surface area contributed by atoms with Crippen LogP contribution in [0.4, 0.5) is 5.69 Å². The zero-order chi connectivity index (χ0) is 14.7. The third-order valence-electron chi connectivity index (χ3n) is 4.27. The van der Waals surface area contributed by atoms with Gasteiger partial charge >= 0.3 is 0 Å². The molecule has 1 aliphatic rings. The van der Waals surface area contributed by atoms with Gasteiger partial charge in [-0.15, -0.1) is 11.3 Å². The summed E-state index contributed by atoms with van der Waals surface area (Å²) < 4.78 is 0. The molecule has 0 spiro atoms. The van der Waals surface area contributed by atoms with Crippen molar-refractivity contribution in [2.45, 2.75) is 19.3 Å². The predicted molar refractivity (Wildman–Crippen MR) is 88.3 cm³/mol. The van der Waals surface area contributed by atoms with Crippen LogP contribution in [-0.4, -0.2) is 12.5 Å². The number of nitrogens with one attached hydrogen (secondary N) is 1. The molecule has 0 radical (unpaired) electrons. The van der Waals surface area contributed by atoms with Crippen molar-refractivity contribution in [3.8, 4) is 10.4 Å². The van der Waals surface area contributed by atoms with Gasteiger partial charge in [0.2, 0.25) is 5.91 Å². The zero-order valence-electron chi connectivity index (χ0n) is 11.9. The Labute approximate surface area is 129 Å². The van der Waals surface area contributed by atoms with E-state index in [0.717, 1.165) is 30.5 Å². The van der Waals surface area contributed by atoms with Crippen LogP contribution in [0.5, 0.6) is 0 Å². The number of hydrogen-bond acceptors (Lipinski definition) is 3. The van der Waals surface area contributed by atoms with E-state index >= 15 is 0 Å². The summed E-state index contributed by atoms with van der Waals surface area (Å²) in [5, 5.41) is 5.17. The van der Waals surface area contributed by atoms with E-state index in [1.807, 2.05) is 24.3 Å². The molecule has 1 saturated carbocycles. The van der Waals surface area contributed by atoms with Crippen LogP contribution >= 0.6 is 11.3 Å². The zero-order valence-corrected chi connectivity index (χ0v) is 12.7. The first-order valence-electron chi connectivity index (χ1n) is 7.43. The SMILES string of the molecule is NCC1CCCC1C(=O)Nc1ccccc1-c1cccs1. The number of thiophene rings is 1. The van der Waals surface area contributed by atoms with Gasteiger partial charge < -0.3 is 11.1 Å². The summed E-state index contributed by atoms with van der Waals surface area (Å²) >= 11 is 1.68. The third kappa shape index (κ3) is 3.01. The van der Waals surface area contributed by atoms with Crippen molar-refractivity contribution >= 4 is 22.9 Å². The standard InChI is InChI=1S/C17H20N2OS/c18-11-12-5-3-7-13(12)17(20)19-15-8-2-1-6-14(15)16-9-4-10-21-16/h1-2,4,6,8-10,12-13H,3,5,7,11,18H2,(H,19,20). The molecule has 1 aliphatic carbocycles. The van der Waals surface area contributed by atoms with Crippen molar-refractivity contribution in [2.75, 3.05) is 11.9 Å². The first-order chi connectivity index (χ1) is 10.3. The molecule has 3 N–H and O–H groups in total. The van der Waals surface area contributed by atoms with Gasteiger partial charge in [0.15, 0.2) is 0 Å². The molecule has 2 unspecified atom stereocenters. The molecule has 0 saturated heterocycles. The van der Waals surface area contributed by atoms with E-state index < -0.39 is 0 Å². The topological polar surface area (TPSA) is 55.1 Å². The smallest absolute Gasteiger partial charge is 0.227 e. The summed E-state index contributed by atoms with van der Waals surface area (Å²) in [6.07, 6.45) is 3.13. The van der Waals surface area contributed by atoms with Crippen molar-refractivity contribution in [1.82, 2.24) is 0 Å². The largest absolute Gasteiger partial charge is 0.330 e. The van der Waals surface area contributed by atoms with Crippen molar-refractivity contribution in [2.24, 2.45) is 17.6 Å². The van der Waals surface area contributed by atoms with E-state index in [2.05, 4.69) is 22.8 Å². The Morgan fingerprint density at radius 2 is 2.10 bits per heavy atom. The lowest BCUT2D eigenvalue weighted by atomic mass is 9.95. The number of carbonyl (C=O) groups is 1. The quantitative estimate of drug-likeness (QED) is 0.904. The van der Waals surface area contributed by atoms with Crippen LogP contribution in [0.1, 0.15) is 19.3 Å². The molecular formula is C17H20N2OS. The predicted octanol–water partition coefficient (Wildman–Crippen LogP) is 3.73. The maximum atomic E-state index is 12.5. The van der Waals surface area contributed by atoms with Gasteiger partial charge in [-0.05, 0) is 42.8 Å². The molecule has 1 heterocycles. The molecule has 0 bridgehead atoms. The molecule has 1 aromatic heterocycles. The van der Waals surface area contributed by atoms with Gasteiger partial charge in [0, 0.05) is 22.0 Å². The molecule has 3 nitrogen and oxygen atoms in total. The minimum Gasteiger partial charge on any atom is -0.330 e. The van der Waals surface area contributed by atoms with E-state index in [0.29, 0.717) is 12.5 Å². The minimum atomic E-state index is 0.0615. The maximum absolute atomic E-state index is 12.5. The highest BCUT2D eigenvalue weighted by molar-refractivity contribution is 7.13. The number of rotatable bonds is 4. The van der Waals surface area contributed by atoms with E-state index in [1.165, 1.54) is 4.88 Å². The number of para-hydroxylation sites is 1. The summed E-state index contributed by atoms with van der Waals surface area (Å²) in [6, 6.07) is 12.1. The second kappa shape index (κ2) is 6.41. The van der Waals surface area contributed by atoms with Crippen molar-refractivity contribution in [1.29, 1.82) is 0 Å². The van der Waals surface area contributed by atoms with E-state index in [-0.39, 0.29) is 11.8 Å². The number of amides is 1. The lowest BCUT2D eigenvalue weighted by molar-refractivity contribution is -0.120. The Balaban J connectivity index is 1.81. The Morgan fingerprint density at radius 3 is 2.86 bits per heavy atom. The third-order valence-corrected chi connectivity index (χ3v) is 5.17. The normalized spacial score (nSPS) is 21.4. The average molecular weight is 300 g/mol.